The van der Waals surface area contributed by atoms with Crippen molar-refractivity contribution in [2.24, 2.45) is 0 Å². The number of nitrogens with one attached hydrogen (secondary N) is 1. The number of amides is 2. The van der Waals surface area contributed by atoms with Gasteiger partial charge in [0.2, 0.25) is 0 Å². The van der Waals surface area contributed by atoms with Gasteiger partial charge in [0.15, 0.2) is 0 Å². The Morgan fingerprint density at radius 1 is 0.933 bits per heavy atom. The van der Waals surface area contributed by atoms with E-state index in [0.29, 0.717) is 13.1 Å². The average molecular weight is 402 g/mol. The Bertz CT molecular complexity index is 1040. The van der Waals surface area contributed by atoms with Crippen LogP contribution in [-0.4, -0.2) is 47.1 Å². The number of nitrogens with zero attached hydrogens (tertiary/aromatic N) is 4. The molecule has 6 nitrogen and oxygen atoms in total. The van der Waals surface area contributed by atoms with Crippen LogP contribution in [0.3, 0.4) is 0 Å². The van der Waals surface area contributed by atoms with Gasteiger partial charge < -0.3 is 15.1 Å². The molecule has 6 heteroatoms. The van der Waals surface area contributed by atoms with Crippen LogP contribution in [0.5, 0.6) is 0 Å². The molecule has 1 aliphatic rings. The molecular formula is C24H27N5O. The fourth-order valence-corrected chi connectivity index (χ4v) is 3.62. The summed E-state index contributed by atoms with van der Waals surface area (Å²) in [7, 11) is 0. The van der Waals surface area contributed by atoms with E-state index in [0.717, 1.165) is 41.4 Å². The molecule has 2 amide bonds. The smallest absolute Gasteiger partial charge is 0.321 e. The van der Waals surface area contributed by atoms with E-state index >= 15 is 0 Å². The Morgan fingerprint density at radius 3 is 2.40 bits per heavy atom. The Balaban J connectivity index is 1.40. The summed E-state index contributed by atoms with van der Waals surface area (Å²) in [5.41, 5.74) is 6.37. The Labute approximate surface area is 177 Å². The summed E-state index contributed by atoms with van der Waals surface area (Å²) in [4.78, 5) is 25.7. The van der Waals surface area contributed by atoms with Gasteiger partial charge in [0, 0.05) is 43.5 Å². The number of carbonyl (C=O) groups excluding carboxylic acids is 1. The molecule has 154 valence electrons. The quantitative estimate of drug-likeness (QED) is 0.706. The lowest BCUT2D eigenvalue weighted by molar-refractivity contribution is 0.208. The van der Waals surface area contributed by atoms with Gasteiger partial charge >= 0.3 is 6.03 Å². The maximum absolute atomic E-state index is 12.7. The number of piperazine rings is 1. The second-order valence-corrected chi connectivity index (χ2v) is 7.78. The lowest BCUT2D eigenvalue weighted by Gasteiger charge is -2.35. The van der Waals surface area contributed by atoms with Crippen molar-refractivity contribution < 1.29 is 4.79 Å². The zero-order chi connectivity index (χ0) is 21.1. The Hall–Kier alpha value is -3.41. The molecule has 0 aliphatic carbocycles. The largest absolute Gasteiger partial charge is 0.353 e. The maximum Gasteiger partial charge on any atom is 0.321 e. The molecule has 30 heavy (non-hydrogen) atoms. The molecule has 0 saturated carbocycles. The number of hydrogen-bond acceptors (Lipinski definition) is 4. The molecule has 3 aromatic rings. The highest BCUT2D eigenvalue weighted by molar-refractivity contribution is 5.90. The molecular weight excluding hydrogens is 374 g/mol. The molecule has 0 atom stereocenters. The fraction of sp³-hybridized carbons (Fsp3) is 0.292. The van der Waals surface area contributed by atoms with Crippen LogP contribution in [-0.2, 0) is 0 Å². The molecule has 1 aliphatic heterocycles. The van der Waals surface area contributed by atoms with Crippen LogP contribution in [0.1, 0.15) is 16.7 Å². The first kappa shape index (κ1) is 19.9. The number of anilines is 2. The second kappa shape index (κ2) is 8.53. The van der Waals surface area contributed by atoms with Gasteiger partial charge in [-0.3, -0.25) is 0 Å². The summed E-state index contributed by atoms with van der Waals surface area (Å²) in [6.07, 6.45) is 1.62. The van der Waals surface area contributed by atoms with Crippen molar-refractivity contribution in [3.8, 4) is 11.3 Å². The third-order valence-corrected chi connectivity index (χ3v) is 5.74. The highest BCUT2D eigenvalue weighted by atomic mass is 16.2. The van der Waals surface area contributed by atoms with E-state index in [9.17, 15) is 4.79 Å². The lowest BCUT2D eigenvalue weighted by atomic mass is 10.1. The standard InChI is InChI=1S/C24H27N5O/c1-17-7-9-20(10-8-17)22-15-23(26-16-25-22)28-11-13-29(14-12-28)24(30)27-21-6-4-5-18(2)19(21)3/h4-10,15-16H,11-14H2,1-3H3,(H,27,30). The van der Waals surface area contributed by atoms with Crippen molar-refractivity contribution in [2.75, 3.05) is 36.4 Å². The summed E-state index contributed by atoms with van der Waals surface area (Å²) >= 11 is 0. The predicted molar refractivity (Wildman–Crippen MR) is 121 cm³/mol. The van der Waals surface area contributed by atoms with Crippen LogP contribution in [0.2, 0.25) is 0 Å². The Morgan fingerprint density at radius 2 is 1.67 bits per heavy atom. The van der Waals surface area contributed by atoms with Crippen LogP contribution in [0.25, 0.3) is 11.3 Å². The number of urea groups is 1. The van der Waals surface area contributed by atoms with Crippen molar-refractivity contribution in [2.45, 2.75) is 20.8 Å². The monoisotopic (exact) mass is 401 g/mol. The SMILES string of the molecule is Cc1ccc(-c2cc(N3CCN(C(=O)Nc4cccc(C)c4C)CC3)ncn2)cc1. The highest BCUT2D eigenvalue weighted by Gasteiger charge is 2.22. The van der Waals surface area contributed by atoms with Gasteiger partial charge in [-0.25, -0.2) is 14.8 Å². The molecule has 1 saturated heterocycles. The van der Waals surface area contributed by atoms with Crippen molar-refractivity contribution in [3.05, 3.63) is 71.5 Å². The first-order chi connectivity index (χ1) is 14.5. The summed E-state index contributed by atoms with van der Waals surface area (Å²) < 4.78 is 0. The molecule has 1 N–H and O–H groups in total. The molecule has 0 bridgehead atoms. The first-order valence-corrected chi connectivity index (χ1v) is 10.3. The van der Waals surface area contributed by atoms with E-state index in [1.54, 1.807) is 6.33 Å². The minimum Gasteiger partial charge on any atom is -0.353 e. The average Bonchev–Trinajstić information content (AvgIpc) is 2.77. The first-order valence-electron chi connectivity index (χ1n) is 10.3. The zero-order valence-corrected chi connectivity index (χ0v) is 17.7. The molecule has 4 rings (SSSR count). The number of aryl methyl sites for hydroxylation is 2. The fourth-order valence-electron chi connectivity index (χ4n) is 3.62. The molecule has 1 aromatic heterocycles. The van der Waals surface area contributed by atoms with Gasteiger partial charge in [-0.15, -0.1) is 0 Å². The maximum atomic E-state index is 12.7. The number of hydrogen-bond donors (Lipinski definition) is 1. The summed E-state index contributed by atoms with van der Waals surface area (Å²) in [6, 6.07) is 16.3. The molecule has 2 heterocycles. The Kier molecular flexibility index (Phi) is 5.65. The van der Waals surface area contributed by atoms with Crippen molar-refractivity contribution in [3.63, 3.8) is 0 Å². The van der Waals surface area contributed by atoms with E-state index in [1.807, 2.05) is 30.0 Å². The third-order valence-electron chi connectivity index (χ3n) is 5.74. The van der Waals surface area contributed by atoms with Crippen molar-refractivity contribution in [1.29, 1.82) is 0 Å². The van der Waals surface area contributed by atoms with Gasteiger partial charge in [-0.1, -0.05) is 42.0 Å². The molecule has 2 aromatic carbocycles. The summed E-state index contributed by atoms with van der Waals surface area (Å²) in [5, 5.41) is 3.05. The number of rotatable bonds is 3. The van der Waals surface area contributed by atoms with E-state index in [1.165, 1.54) is 11.1 Å². The van der Waals surface area contributed by atoms with Crippen molar-refractivity contribution >= 4 is 17.5 Å². The number of benzene rings is 2. The molecule has 1 fully saturated rings. The second-order valence-electron chi connectivity index (χ2n) is 7.78. The summed E-state index contributed by atoms with van der Waals surface area (Å²) in [5.74, 6) is 0.898. The van der Waals surface area contributed by atoms with E-state index in [4.69, 9.17) is 0 Å². The van der Waals surface area contributed by atoms with Gasteiger partial charge in [0.25, 0.3) is 0 Å². The molecule has 0 unspecified atom stereocenters. The topological polar surface area (TPSA) is 61.4 Å². The highest BCUT2D eigenvalue weighted by Crippen LogP contribution is 2.23. The molecule has 0 spiro atoms. The third kappa shape index (κ3) is 4.27. The van der Waals surface area contributed by atoms with E-state index < -0.39 is 0 Å². The lowest BCUT2D eigenvalue weighted by Crippen LogP contribution is -2.50. The molecule has 0 radical (unpaired) electrons. The normalized spacial score (nSPS) is 14.0. The van der Waals surface area contributed by atoms with Crippen LogP contribution in [0.4, 0.5) is 16.3 Å². The van der Waals surface area contributed by atoms with Crippen LogP contribution in [0.15, 0.2) is 54.9 Å². The van der Waals surface area contributed by atoms with Gasteiger partial charge in [-0.05, 0) is 38.0 Å². The van der Waals surface area contributed by atoms with Crippen LogP contribution < -0.4 is 10.2 Å². The van der Waals surface area contributed by atoms with Gasteiger partial charge in [0.05, 0.1) is 5.69 Å². The zero-order valence-electron chi connectivity index (χ0n) is 17.7. The minimum absolute atomic E-state index is 0.0496. The van der Waals surface area contributed by atoms with Crippen LogP contribution in [0, 0.1) is 20.8 Å². The van der Waals surface area contributed by atoms with E-state index in [-0.39, 0.29) is 6.03 Å². The van der Waals surface area contributed by atoms with Gasteiger partial charge in [0.1, 0.15) is 12.1 Å². The summed E-state index contributed by atoms with van der Waals surface area (Å²) in [6.45, 7) is 8.95. The van der Waals surface area contributed by atoms with Crippen molar-refractivity contribution in [1.82, 2.24) is 14.9 Å². The van der Waals surface area contributed by atoms with Gasteiger partial charge in [-0.2, -0.15) is 0 Å². The van der Waals surface area contributed by atoms with Crippen LogP contribution >= 0.6 is 0 Å². The minimum atomic E-state index is -0.0496. The number of aromatic nitrogens is 2. The predicted octanol–water partition coefficient (Wildman–Crippen LogP) is 4.42. The number of carbonyl (C=O) groups is 1. The van der Waals surface area contributed by atoms with E-state index in [2.05, 4.69) is 64.4 Å².